The van der Waals surface area contributed by atoms with Crippen molar-refractivity contribution in [1.29, 1.82) is 0 Å². The van der Waals surface area contributed by atoms with Gasteiger partial charge in [0.05, 0.1) is 6.42 Å². The summed E-state index contributed by atoms with van der Waals surface area (Å²) in [6, 6.07) is -0.539. The van der Waals surface area contributed by atoms with Crippen molar-refractivity contribution in [2.24, 2.45) is 0 Å². The molecule has 1 unspecified atom stereocenters. The molecule has 0 aromatic heterocycles. The molecule has 7 heteroatoms. The molecule has 0 aliphatic heterocycles. The molecule has 0 saturated heterocycles. The lowest BCUT2D eigenvalue weighted by Crippen LogP contribution is -2.45. The number of nitrogens with zero attached hydrogens (tertiary/aromatic N) is 1. The van der Waals surface area contributed by atoms with E-state index in [0.717, 1.165) is 6.42 Å². The van der Waals surface area contributed by atoms with Crippen LogP contribution in [-0.4, -0.2) is 42.9 Å². The van der Waals surface area contributed by atoms with Crippen LogP contribution < -0.4 is 4.72 Å². The molecule has 0 aliphatic carbocycles. The fraction of sp³-hybridized carbons (Fsp3) is 0.900. The van der Waals surface area contributed by atoms with E-state index in [-0.39, 0.29) is 6.42 Å². The van der Waals surface area contributed by atoms with Gasteiger partial charge < -0.3 is 5.11 Å². The standard InChI is InChI=1S/C10H22N2O4S/c1-4-7-9(8-10(13)14)11-17(15,16)12(5-2)6-3/h9,11H,4-8H2,1-3H3,(H,13,14). The average Bonchev–Trinajstić information content (AvgIpc) is 2.17. The number of aliphatic carboxylic acids is 1. The van der Waals surface area contributed by atoms with Crippen molar-refractivity contribution in [2.75, 3.05) is 13.1 Å². The Labute approximate surface area is 103 Å². The van der Waals surface area contributed by atoms with Crippen molar-refractivity contribution in [1.82, 2.24) is 9.03 Å². The Morgan fingerprint density at radius 1 is 1.29 bits per heavy atom. The summed E-state index contributed by atoms with van der Waals surface area (Å²) in [6.07, 6.45) is 1.07. The minimum atomic E-state index is -3.57. The highest BCUT2D eigenvalue weighted by molar-refractivity contribution is 7.87. The molecule has 0 aromatic carbocycles. The van der Waals surface area contributed by atoms with Crippen molar-refractivity contribution < 1.29 is 18.3 Å². The van der Waals surface area contributed by atoms with E-state index in [0.29, 0.717) is 19.5 Å². The molecular weight excluding hydrogens is 244 g/mol. The molecule has 0 heterocycles. The molecule has 0 amide bonds. The van der Waals surface area contributed by atoms with Gasteiger partial charge in [-0.05, 0) is 6.42 Å². The van der Waals surface area contributed by atoms with Gasteiger partial charge in [-0.3, -0.25) is 4.79 Å². The predicted molar refractivity (Wildman–Crippen MR) is 65.9 cm³/mol. The first-order valence-electron chi connectivity index (χ1n) is 5.86. The molecule has 0 aliphatic rings. The van der Waals surface area contributed by atoms with E-state index in [1.54, 1.807) is 13.8 Å². The highest BCUT2D eigenvalue weighted by Gasteiger charge is 2.23. The first-order valence-corrected chi connectivity index (χ1v) is 7.30. The van der Waals surface area contributed by atoms with Crippen molar-refractivity contribution in [3.63, 3.8) is 0 Å². The van der Waals surface area contributed by atoms with Gasteiger partial charge in [-0.25, -0.2) is 0 Å². The second-order valence-corrected chi connectivity index (χ2v) is 5.49. The fourth-order valence-corrected chi connectivity index (χ4v) is 3.06. The lowest BCUT2D eigenvalue weighted by atomic mass is 10.1. The zero-order valence-electron chi connectivity index (χ0n) is 10.6. The van der Waals surface area contributed by atoms with Crippen molar-refractivity contribution in [3.8, 4) is 0 Å². The minimum absolute atomic E-state index is 0.186. The van der Waals surface area contributed by atoms with Crippen LogP contribution in [0.2, 0.25) is 0 Å². The van der Waals surface area contributed by atoms with Crippen LogP contribution in [0.5, 0.6) is 0 Å². The van der Waals surface area contributed by atoms with E-state index in [1.807, 2.05) is 6.92 Å². The highest BCUT2D eigenvalue weighted by atomic mass is 32.2. The van der Waals surface area contributed by atoms with Crippen LogP contribution in [0.1, 0.15) is 40.0 Å². The van der Waals surface area contributed by atoms with Crippen LogP contribution in [0.15, 0.2) is 0 Å². The van der Waals surface area contributed by atoms with E-state index in [1.165, 1.54) is 4.31 Å². The highest BCUT2D eigenvalue weighted by Crippen LogP contribution is 2.06. The number of nitrogens with one attached hydrogen (secondary N) is 1. The van der Waals surface area contributed by atoms with Crippen LogP contribution in [-0.2, 0) is 15.0 Å². The second-order valence-electron chi connectivity index (χ2n) is 3.79. The Bertz CT molecular complexity index is 325. The molecule has 0 aromatic rings. The first-order chi connectivity index (χ1) is 7.87. The maximum Gasteiger partial charge on any atom is 0.304 e. The van der Waals surface area contributed by atoms with Crippen LogP contribution in [0.4, 0.5) is 0 Å². The van der Waals surface area contributed by atoms with E-state index in [4.69, 9.17) is 5.11 Å². The van der Waals surface area contributed by atoms with Gasteiger partial charge in [0.2, 0.25) is 0 Å². The Kier molecular flexibility index (Phi) is 7.33. The van der Waals surface area contributed by atoms with Gasteiger partial charge in [0.25, 0.3) is 10.2 Å². The van der Waals surface area contributed by atoms with Crippen LogP contribution in [0.25, 0.3) is 0 Å². The van der Waals surface area contributed by atoms with Gasteiger partial charge in [-0.1, -0.05) is 27.2 Å². The average molecular weight is 266 g/mol. The number of carboxylic acids is 1. The summed E-state index contributed by atoms with van der Waals surface area (Å²) >= 11 is 0. The predicted octanol–water partition coefficient (Wildman–Crippen LogP) is 0.806. The monoisotopic (exact) mass is 266 g/mol. The number of rotatable bonds is 9. The van der Waals surface area contributed by atoms with Crippen LogP contribution >= 0.6 is 0 Å². The summed E-state index contributed by atoms with van der Waals surface area (Å²) in [7, 11) is -3.57. The summed E-state index contributed by atoms with van der Waals surface area (Å²) in [4.78, 5) is 10.6. The van der Waals surface area contributed by atoms with Gasteiger partial charge in [0.15, 0.2) is 0 Å². The van der Waals surface area contributed by atoms with Crippen LogP contribution in [0, 0.1) is 0 Å². The van der Waals surface area contributed by atoms with Gasteiger partial charge in [-0.2, -0.15) is 17.4 Å². The Balaban J connectivity index is 4.67. The number of carboxylic acid groups (broad SMARTS) is 1. The Morgan fingerprint density at radius 3 is 2.18 bits per heavy atom. The number of hydrogen-bond acceptors (Lipinski definition) is 3. The zero-order chi connectivity index (χ0) is 13.5. The maximum atomic E-state index is 11.9. The quantitative estimate of drug-likeness (QED) is 0.646. The SMILES string of the molecule is CCCC(CC(=O)O)NS(=O)(=O)N(CC)CC. The summed E-state index contributed by atoms with van der Waals surface area (Å²) < 4.78 is 27.5. The molecular formula is C10H22N2O4S. The van der Waals surface area contributed by atoms with Crippen LogP contribution in [0.3, 0.4) is 0 Å². The summed E-state index contributed by atoms with van der Waals surface area (Å²) in [5.74, 6) is -0.995. The molecule has 0 fully saturated rings. The molecule has 0 bridgehead atoms. The largest absolute Gasteiger partial charge is 0.481 e. The third-order valence-electron chi connectivity index (χ3n) is 2.42. The van der Waals surface area contributed by atoms with E-state index in [9.17, 15) is 13.2 Å². The minimum Gasteiger partial charge on any atom is -0.481 e. The van der Waals surface area contributed by atoms with Crippen molar-refractivity contribution in [2.45, 2.75) is 46.1 Å². The molecule has 2 N–H and O–H groups in total. The Morgan fingerprint density at radius 2 is 1.82 bits per heavy atom. The van der Waals surface area contributed by atoms with E-state index < -0.39 is 22.2 Å². The summed E-state index contributed by atoms with van der Waals surface area (Å²) in [5, 5.41) is 8.71. The van der Waals surface area contributed by atoms with Gasteiger partial charge in [-0.15, -0.1) is 0 Å². The molecule has 102 valence electrons. The zero-order valence-corrected chi connectivity index (χ0v) is 11.5. The maximum absolute atomic E-state index is 11.9. The molecule has 0 radical (unpaired) electrons. The molecule has 0 saturated carbocycles. The fourth-order valence-electron chi connectivity index (χ4n) is 1.61. The smallest absolute Gasteiger partial charge is 0.304 e. The molecule has 17 heavy (non-hydrogen) atoms. The van der Waals surface area contributed by atoms with Gasteiger partial charge in [0.1, 0.15) is 0 Å². The molecule has 1 atom stereocenters. The van der Waals surface area contributed by atoms with Gasteiger partial charge in [0, 0.05) is 19.1 Å². The topological polar surface area (TPSA) is 86.7 Å². The number of carbonyl (C=O) groups is 1. The third-order valence-corrected chi connectivity index (χ3v) is 4.25. The molecule has 0 rings (SSSR count). The lowest BCUT2D eigenvalue weighted by molar-refractivity contribution is -0.137. The van der Waals surface area contributed by atoms with E-state index >= 15 is 0 Å². The summed E-state index contributed by atoms with van der Waals surface area (Å²) in [6.45, 7) is 6.12. The van der Waals surface area contributed by atoms with Gasteiger partial charge >= 0.3 is 5.97 Å². The second kappa shape index (κ2) is 7.62. The van der Waals surface area contributed by atoms with E-state index in [2.05, 4.69) is 4.72 Å². The van der Waals surface area contributed by atoms with Crippen molar-refractivity contribution in [3.05, 3.63) is 0 Å². The molecule has 0 spiro atoms. The third kappa shape index (κ3) is 5.99. The summed E-state index contributed by atoms with van der Waals surface area (Å²) in [5.41, 5.74) is 0. The first kappa shape index (κ1) is 16.3. The lowest BCUT2D eigenvalue weighted by Gasteiger charge is -2.23. The molecule has 6 nitrogen and oxygen atoms in total. The Hall–Kier alpha value is -0.660. The normalized spacial score (nSPS) is 13.9. The van der Waals surface area contributed by atoms with Crippen molar-refractivity contribution >= 4 is 16.2 Å². The number of hydrogen-bond donors (Lipinski definition) is 2.